The Morgan fingerprint density at radius 1 is 1.19 bits per heavy atom. The molecular weight excluding hydrogens is 403 g/mol. The molecule has 110 valence electrons. The first-order valence-corrected chi connectivity index (χ1v) is 8.60. The highest BCUT2D eigenvalue weighted by Crippen LogP contribution is 2.20. The van der Waals surface area contributed by atoms with Crippen molar-refractivity contribution in [1.29, 1.82) is 0 Å². The first kappa shape index (κ1) is 15.9. The molecule has 2 aromatic carbocycles. The Hall–Kier alpha value is -1.45. The van der Waals surface area contributed by atoms with Gasteiger partial charge in [0.2, 0.25) is 10.0 Å². The van der Waals surface area contributed by atoms with Crippen LogP contribution in [0.5, 0.6) is 0 Å². The third-order valence-electron chi connectivity index (χ3n) is 2.84. The van der Waals surface area contributed by atoms with Crippen LogP contribution in [0.2, 0.25) is 0 Å². The molecule has 7 heteroatoms. The van der Waals surface area contributed by atoms with Crippen LogP contribution in [0.15, 0.2) is 47.4 Å². The second-order valence-corrected chi connectivity index (χ2v) is 7.27. The van der Waals surface area contributed by atoms with Gasteiger partial charge in [-0.1, -0.05) is 12.1 Å². The van der Waals surface area contributed by atoms with Crippen LogP contribution in [0.4, 0.5) is 5.69 Å². The average molecular weight is 416 g/mol. The molecule has 0 aliphatic rings. The normalized spacial score (nSPS) is 11.2. The highest BCUT2D eigenvalue weighted by molar-refractivity contribution is 14.1. The van der Waals surface area contributed by atoms with Crippen LogP contribution in [0, 0.1) is 10.5 Å². The van der Waals surface area contributed by atoms with Crippen LogP contribution < -0.4 is 10.5 Å². The summed E-state index contributed by atoms with van der Waals surface area (Å²) < 4.78 is 23.9. The molecule has 0 saturated heterocycles. The quantitative estimate of drug-likeness (QED) is 0.754. The van der Waals surface area contributed by atoms with Crippen molar-refractivity contribution in [2.24, 2.45) is 5.14 Å². The van der Waals surface area contributed by atoms with Gasteiger partial charge in [0, 0.05) is 14.8 Å². The minimum absolute atomic E-state index is 0.00272. The first-order chi connectivity index (χ1) is 9.77. The molecule has 5 nitrogen and oxygen atoms in total. The largest absolute Gasteiger partial charge is 0.322 e. The van der Waals surface area contributed by atoms with Gasteiger partial charge in [0.25, 0.3) is 5.91 Å². The van der Waals surface area contributed by atoms with Crippen LogP contribution >= 0.6 is 22.6 Å². The molecule has 3 N–H and O–H groups in total. The van der Waals surface area contributed by atoms with E-state index in [9.17, 15) is 13.2 Å². The number of amides is 1. The number of hydrogen-bond acceptors (Lipinski definition) is 3. The fraction of sp³-hybridized carbons (Fsp3) is 0.0714. The van der Waals surface area contributed by atoms with Crippen LogP contribution in [0.1, 0.15) is 15.9 Å². The number of nitrogens with two attached hydrogens (primary N) is 1. The highest BCUT2D eigenvalue weighted by atomic mass is 127. The van der Waals surface area contributed by atoms with Crippen molar-refractivity contribution in [3.8, 4) is 0 Å². The fourth-order valence-corrected chi connectivity index (χ4v) is 3.17. The van der Waals surface area contributed by atoms with Crippen molar-refractivity contribution in [1.82, 2.24) is 0 Å². The fourth-order valence-electron chi connectivity index (χ4n) is 1.82. The minimum atomic E-state index is -3.82. The Labute approximate surface area is 136 Å². The molecule has 0 radical (unpaired) electrons. The molecule has 21 heavy (non-hydrogen) atoms. The summed E-state index contributed by atoms with van der Waals surface area (Å²) >= 11 is 2.11. The summed E-state index contributed by atoms with van der Waals surface area (Å²) in [6.07, 6.45) is 0. The number of halogens is 1. The Morgan fingerprint density at radius 3 is 2.52 bits per heavy atom. The number of hydrogen-bond donors (Lipinski definition) is 2. The van der Waals surface area contributed by atoms with Crippen LogP contribution in [-0.2, 0) is 10.0 Å². The molecule has 0 spiro atoms. The zero-order valence-corrected chi connectivity index (χ0v) is 14.1. The maximum absolute atomic E-state index is 12.1. The van der Waals surface area contributed by atoms with Gasteiger partial charge in [-0.3, -0.25) is 4.79 Å². The van der Waals surface area contributed by atoms with E-state index in [2.05, 4.69) is 27.9 Å². The summed E-state index contributed by atoms with van der Waals surface area (Å²) in [4.78, 5) is 12.1. The molecule has 0 unspecified atom stereocenters. The summed E-state index contributed by atoms with van der Waals surface area (Å²) in [6, 6.07) is 11.7. The number of nitrogens with one attached hydrogen (secondary N) is 1. The molecule has 0 atom stereocenters. The molecule has 0 fully saturated rings. The molecule has 0 heterocycles. The van der Waals surface area contributed by atoms with Gasteiger partial charge < -0.3 is 5.32 Å². The monoisotopic (exact) mass is 416 g/mol. The second-order valence-electron chi connectivity index (χ2n) is 4.49. The lowest BCUT2D eigenvalue weighted by atomic mass is 10.2. The molecule has 0 aliphatic heterocycles. The predicted molar refractivity (Wildman–Crippen MR) is 89.7 cm³/mol. The van der Waals surface area contributed by atoms with E-state index in [1.165, 1.54) is 6.07 Å². The van der Waals surface area contributed by atoms with E-state index < -0.39 is 10.0 Å². The summed E-state index contributed by atoms with van der Waals surface area (Å²) in [6.45, 7) is 1.64. The van der Waals surface area contributed by atoms with E-state index in [-0.39, 0.29) is 10.8 Å². The van der Waals surface area contributed by atoms with Crippen LogP contribution in [0.25, 0.3) is 0 Å². The lowest BCUT2D eigenvalue weighted by Gasteiger charge is -2.09. The highest BCUT2D eigenvalue weighted by Gasteiger charge is 2.13. The number of anilines is 1. The SMILES string of the molecule is Cc1ccc(NC(=O)c2cccc(I)c2)cc1S(N)(=O)=O. The maximum Gasteiger partial charge on any atom is 0.255 e. The Morgan fingerprint density at radius 2 is 1.90 bits per heavy atom. The summed E-state index contributed by atoms with van der Waals surface area (Å²) in [5.41, 5.74) is 1.41. The summed E-state index contributed by atoms with van der Waals surface area (Å²) in [5, 5.41) is 7.81. The number of carbonyl (C=O) groups excluding carboxylic acids is 1. The van der Waals surface area contributed by atoms with E-state index in [4.69, 9.17) is 5.14 Å². The lowest BCUT2D eigenvalue weighted by Crippen LogP contribution is -2.16. The predicted octanol–water partition coefficient (Wildman–Crippen LogP) is 2.50. The molecule has 2 aromatic rings. The van der Waals surface area contributed by atoms with Gasteiger partial charge in [-0.2, -0.15) is 0 Å². The van der Waals surface area contributed by atoms with Crippen molar-refractivity contribution in [2.45, 2.75) is 11.8 Å². The Kier molecular flexibility index (Phi) is 4.64. The van der Waals surface area contributed by atoms with Gasteiger partial charge in [0.15, 0.2) is 0 Å². The standard InChI is InChI=1S/C14H13IN2O3S/c1-9-5-6-12(8-13(9)21(16,19)20)17-14(18)10-3-2-4-11(15)7-10/h2-8H,1H3,(H,17,18)(H2,16,19,20). The maximum atomic E-state index is 12.1. The Balaban J connectivity index is 2.30. The second kappa shape index (κ2) is 6.12. The van der Waals surface area contributed by atoms with E-state index >= 15 is 0 Å². The number of aryl methyl sites for hydroxylation is 1. The van der Waals surface area contributed by atoms with Gasteiger partial charge in [-0.05, 0) is 65.4 Å². The van der Waals surface area contributed by atoms with Crippen molar-refractivity contribution in [2.75, 3.05) is 5.32 Å². The van der Waals surface area contributed by atoms with Gasteiger partial charge in [-0.15, -0.1) is 0 Å². The third kappa shape index (κ3) is 4.02. The van der Waals surface area contributed by atoms with Crippen molar-refractivity contribution in [3.63, 3.8) is 0 Å². The number of benzene rings is 2. The molecule has 2 rings (SSSR count). The average Bonchev–Trinajstić information content (AvgIpc) is 2.39. The number of carbonyl (C=O) groups is 1. The van der Waals surface area contributed by atoms with Gasteiger partial charge in [-0.25, -0.2) is 13.6 Å². The van der Waals surface area contributed by atoms with E-state index in [1.807, 2.05) is 6.07 Å². The molecule has 0 aliphatic carbocycles. The zero-order chi connectivity index (χ0) is 15.6. The van der Waals surface area contributed by atoms with E-state index in [1.54, 1.807) is 37.3 Å². The molecule has 0 aromatic heterocycles. The molecule has 0 saturated carbocycles. The summed E-state index contributed by atoms with van der Waals surface area (Å²) in [5.74, 6) is -0.308. The minimum Gasteiger partial charge on any atom is -0.322 e. The van der Waals surface area contributed by atoms with E-state index in [0.29, 0.717) is 16.8 Å². The molecule has 1 amide bonds. The zero-order valence-electron chi connectivity index (χ0n) is 11.1. The van der Waals surface area contributed by atoms with E-state index in [0.717, 1.165) is 3.57 Å². The number of primary sulfonamides is 1. The van der Waals surface area contributed by atoms with Crippen molar-refractivity contribution < 1.29 is 13.2 Å². The van der Waals surface area contributed by atoms with Crippen molar-refractivity contribution >= 4 is 44.2 Å². The smallest absolute Gasteiger partial charge is 0.255 e. The number of sulfonamides is 1. The van der Waals surface area contributed by atoms with Crippen LogP contribution in [-0.4, -0.2) is 14.3 Å². The van der Waals surface area contributed by atoms with Gasteiger partial charge in [0.05, 0.1) is 4.90 Å². The Bertz CT molecular complexity index is 804. The van der Waals surface area contributed by atoms with Crippen molar-refractivity contribution in [3.05, 3.63) is 57.2 Å². The third-order valence-corrected chi connectivity index (χ3v) is 4.56. The lowest BCUT2D eigenvalue weighted by molar-refractivity contribution is 0.102. The molecular formula is C14H13IN2O3S. The number of rotatable bonds is 3. The topological polar surface area (TPSA) is 89.3 Å². The first-order valence-electron chi connectivity index (χ1n) is 5.98. The van der Waals surface area contributed by atoms with Gasteiger partial charge in [0.1, 0.15) is 0 Å². The summed E-state index contributed by atoms with van der Waals surface area (Å²) in [7, 11) is -3.82. The van der Waals surface area contributed by atoms with Gasteiger partial charge >= 0.3 is 0 Å². The molecule has 0 bridgehead atoms. The van der Waals surface area contributed by atoms with Crippen LogP contribution in [0.3, 0.4) is 0 Å².